The molecule has 0 saturated carbocycles. The van der Waals surface area contributed by atoms with Crippen LogP contribution >= 0.6 is 0 Å². The number of halogens is 1. The van der Waals surface area contributed by atoms with Crippen molar-refractivity contribution >= 4 is 5.91 Å². The van der Waals surface area contributed by atoms with Gasteiger partial charge in [0.2, 0.25) is 5.89 Å². The normalized spacial score (nSPS) is 11.9. The van der Waals surface area contributed by atoms with Gasteiger partial charge in [-0.05, 0) is 49.2 Å². The summed E-state index contributed by atoms with van der Waals surface area (Å²) in [6, 6.07) is 12.0. The minimum atomic E-state index is -0.288. The molecule has 0 aliphatic heterocycles. The van der Waals surface area contributed by atoms with E-state index in [1.54, 1.807) is 26.4 Å². The molecule has 0 saturated heterocycles. The number of nitrogens with one attached hydrogen (secondary N) is 1. The third-order valence-electron chi connectivity index (χ3n) is 5.33. The zero-order valence-electron chi connectivity index (χ0n) is 19.4. The van der Waals surface area contributed by atoms with Gasteiger partial charge in [-0.1, -0.05) is 19.1 Å². The van der Waals surface area contributed by atoms with Crippen molar-refractivity contribution in [2.75, 3.05) is 14.2 Å². The second-order valence-electron chi connectivity index (χ2n) is 7.86. The largest absolute Gasteiger partial charge is 0.497 e. The molecule has 0 bridgehead atoms. The Bertz CT molecular complexity index is 1050. The van der Waals surface area contributed by atoms with Crippen LogP contribution in [0.4, 0.5) is 4.39 Å². The van der Waals surface area contributed by atoms with Crippen LogP contribution in [0.3, 0.4) is 0 Å². The summed E-state index contributed by atoms with van der Waals surface area (Å²) in [4.78, 5) is 18.8. The van der Waals surface area contributed by atoms with E-state index in [0.717, 1.165) is 23.3 Å². The Labute approximate surface area is 193 Å². The van der Waals surface area contributed by atoms with Crippen molar-refractivity contribution in [3.05, 3.63) is 77.3 Å². The number of oxazole rings is 1. The molecule has 7 nitrogen and oxygen atoms in total. The zero-order valence-corrected chi connectivity index (χ0v) is 19.4. The van der Waals surface area contributed by atoms with E-state index in [9.17, 15) is 9.18 Å². The third-order valence-corrected chi connectivity index (χ3v) is 5.33. The van der Waals surface area contributed by atoms with Crippen LogP contribution in [0.25, 0.3) is 0 Å². The molecule has 1 unspecified atom stereocenters. The number of aromatic nitrogens is 1. The van der Waals surface area contributed by atoms with Crippen molar-refractivity contribution < 1.29 is 23.1 Å². The number of rotatable bonds is 11. The lowest BCUT2D eigenvalue weighted by Crippen LogP contribution is -2.32. The Kier molecular flexibility index (Phi) is 8.43. The second kappa shape index (κ2) is 11.5. The summed E-state index contributed by atoms with van der Waals surface area (Å²) in [6.45, 7) is 5.28. The Balaban J connectivity index is 1.82. The van der Waals surface area contributed by atoms with Gasteiger partial charge in [-0.25, -0.2) is 9.37 Å². The van der Waals surface area contributed by atoms with Gasteiger partial charge in [0.15, 0.2) is 5.69 Å². The van der Waals surface area contributed by atoms with Crippen LogP contribution in [-0.4, -0.2) is 36.1 Å². The number of amides is 1. The number of carbonyl (C=O) groups is 1. The Morgan fingerprint density at radius 2 is 1.88 bits per heavy atom. The molecule has 0 spiro atoms. The van der Waals surface area contributed by atoms with Crippen molar-refractivity contribution in [2.24, 2.45) is 0 Å². The first-order valence-corrected chi connectivity index (χ1v) is 10.8. The highest BCUT2D eigenvalue weighted by Crippen LogP contribution is 2.26. The Morgan fingerprint density at radius 3 is 2.55 bits per heavy atom. The fraction of sp³-hybridized carbons (Fsp3) is 0.360. The standard InChI is InChI=1S/C25H30FN3O4/c1-5-17(2)27-25(30)22-16-33-24(28-22)15-29(13-18-6-8-20(26)9-7-18)14-19-12-21(31-3)10-11-23(19)32-4/h6-12,16-17H,5,13-15H2,1-4H3,(H,27,30). The lowest BCUT2D eigenvalue weighted by molar-refractivity contribution is 0.0934. The number of nitrogens with zero attached hydrogens (tertiary/aromatic N) is 2. The summed E-state index contributed by atoms with van der Waals surface area (Å²) in [5.41, 5.74) is 2.09. The van der Waals surface area contributed by atoms with Crippen molar-refractivity contribution in [3.8, 4) is 11.5 Å². The molecule has 8 heteroatoms. The smallest absolute Gasteiger partial charge is 0.273 e. The van der Waals surface area contributed by atoms with E-state index in [1.165, 1.54) is 18.4 Å². The topological polar surface area (TPSA) is 76.8 Å². The number of hydrogen-bond donors (Lipinski definition) is 1. The lowest BCUT2D eigenvalue weighted by atomic mass is 10.1. The summed E-state index contributed by atoms with van der Waals surface area (Å²) in [5, 5.41) is 2.88. The van der Waals surface area contributed by atoms with Gasteiger partial charge in [-0.15, -0.1) is 0 Å². The van der Waals surface area contributed by atoms with Crippen molar-refractivity contribution in [3.63, 3.8) is 0 Å². The first kappa shape index (κ1) is 24.3. The Morgan fingerprint density at radius 1 is 1.12 bits per heavy atom. The van der Waals surface area contributed by atoms with Gasteiger partial charge in [0.25, 0.3) is 5.91 Å². The second-order valence-corrected chi connectivity index (χ2v) is 7.86. The van der Waals surface area contributed by atoms with Gasteiger partial charge >= 0.3 is 0 Å². The van der Waals surface area contributed by atoms with Gasteiger partial charge in [0.05, 0.1) is 20.8 Å². The SMILES string of the molecule is CCC(C)NC(=O)c1coc(CN(Cc2ccc(F)cc2)Cc2cc(OC)ccc2OC)n1. The van der Waals surface area contributed by atoms with Crippen LogP contribution < -0.4 is 14.8 Å². The third kappa shape index (κ3) is 6.79. The monoisotopic (exact) mass is 455 g/mol. The summed E-state index contributed by atoms with van der Waals surface area (Å²) in [6.07, 6.45) is 2.19. The summed E-state index contributed by atoms with van der Waals surface area (Å²) in [5.74, 6) is 1.30. The highest BCUT2D eigenvalue weighted by atomic mass is 19.1. The molecule has 1 atom stereocenters. The molecule has 0 fully saturated rings. The van der Waals surface area contributed by atoms with E-state index in [1.807, 2.05) is 32.0 Å². The average Bonchev–Trinajstić information content (AvgIpc) is 3.29. The highest BCUT2D eigenvalue weighted by molar-refractivity contribution is 5.92. The molecule has 0 radical (unpaired) electrons. The molecule has 2 aromatic carbocycles. The maximum absolute atomic E-state index is 13.4. The van der Waals surface area contributed by atoms with Crippen LogP contribution in [0, 0.1) is 5.82 Å². The number of hydrogen-bond acceptors (Lipinski definition) is 6. The molecule has 176 valence electrons. The molecule has 1 amide bonds. The fourth-order valence-corrected chi connectivity index (χ4v) is 3.34. The van der Waals surface area contributed by atoms with E-state index in [2.05, 4.69) is 15.2 Å². The molecule has 1 aromatic heterocycles. The van der Waals surface area contributed by atoms with Gasteiger partial charge in [0.1, 0.15) is 23.6 Å². The first-order valence-electron chi connectivity index (χ1n) is 10.8. The minimum Gasteiger partial charge on any atom is -0.497 e. The molecule has 3 aromatic rings. The number of methoxy groups -OCH3 is 2. The molecule has 3 rings (SSSR count). The van der Waals surface area contributed by atoms with Crippen LogP contribution in [0.15, 0.2) is 53.1 Å². The predicted octanol–water partition coefficient (Wildman–Crippen LogP) is 4.56. The van der Waals surface area contributed by atoms with E-state index in [0.29, 0.717) is 31.3 Å². The van der Waals surface area contributed by atoms with E-state index < -0.39 is 0 Å². The van der Waals surface area contributed by atoms with Crippen molar-refractivity contribution in [1.29, 1.82) is 0 Å². The summed E-state index contributed by atoms with van der Waals surface area (Å²) in [7, 11) is 3.23. The maximum atomic E-state index is 13.4. The molecule has 33 heavy (non-hydrogen) atoms. The highest BCUT2D eigenvalue weighted by Gasteiger charge is 2.18. The molecule has 1 heterocycles. The molecular weight excluding hydrogens is 425 g/mol. The fourth-order valence-electron chi connectivity index (χ4n) is 3.34. The average molecular weight is 456 g/mol. The van der Waals surface area contributed by atoms with Gasteiger partial charge in [-0.3, -0.25) is 9.69 Å². The van der Waals surface area contributed by atoms with Crippen molar-refractivity contribution in [1.82, 2.24) is 15.2 Å². The number of ether oxygens (including phenoxy) is 2. The molecule has 1 N–H and O–H groups in total. The van der Waals surface area contributed by atoms with Gasteiger partial charge < -0.3 is 19.2 Å². The molecular formula is C25H30FN3O4. The van der Waals surface area contributed by atoms with E-state index in [-0.39, 0.29) is 23.5 Å². The van der Waals surface area contributed by atoms with Gasteiger partial charge in [0, 0.05) is 24.7 Å². The van der Waals surface area contributed by atoms with Crippen molar-refractivity contribution in [2.45, 2.75) is 45.9 Å². The summed E-state index contributed by atoms with van der Waals surface area (Å²) < 4.78 is 29.9. The number of benzene rings is 2. The van der Waals surface area contributed by atoms with Crippen LogP contribution in [0.2, 0.25) is 0 Å². The van der Waals surface area contributed by atoms with Crippen LogP contribution in [0.5, 0.6) is 11.5 Å². The first-order chi connectivity index (χ1) is 15.9. The predicted molar refractivity (Wildman–Crippen MR) is 123 cm³/mol. The Hall–Kier alpha value is -3.39. The maximum Gasteiger partial charge on any atom is 0.273 e. The van der Waals surface area contributed by atoms with E-state index in [4.69, 9.17) is 13.9 Å². The van der Waals surface area contributed by atoms with Crippen LogP contribution in [-0.2, 0) is 19.6 Å². The van der Waals surface area contributed by atoms with E-state index >= 15 is 0 Å². The zero-order chi connectivity index (χ0) is 23.8. The summed E-state index contributed by atoms with van der Waals surface area (Å²) >= 11 is 0. The lowest BCUT2D eigenvalue weighted by Gasteiger charge is -2.22. The van der Waals surface area contributed by atoms with Gasteiger partial charge in [-0.2, -0.15) is 0 Å². The molecule has 0 aliphatic rings. The van der Waals surface area contributed by atoms with Crippen LogP contribution in [0.1, 0.15) is 47.8 Å². The minimum absolute atomic E-state index is 0.0492. The quantitative estimate of drug-likeness (QED) is 0.457. The molecule has 0 aliphatic carbocycles. The number of carbonyl (C=O) groups excluding carboxylic acids is 1.